The Kier molecular flexibility index (Phi) is 8.34. The highest BCUT2D eigenvalue weighted by Crippen LogP contribution is 2.31. The van der Waals surface area contributed by atoms with Crippen LogP contribution in [0, 0.1) is 13.8 Å². The smallest absolute Gasteiger partial charge is 0.359 e. The SMILES string of the molecule is CCOC(=O)c1n[nH]c2cc(-c3cc(N)ccc3C)ccc12.CCn1nc(C(=O)O)c2ccc(-c3cc(N)ccc3C)cc21. The average Bonchev–Trinajstić information content (AvgIpc) is 3.61. The molecule has 0 amide bonds. The third kappa shape index (κ3) is 5.82. The minimum absolute atomic E-state index is 0.0905. The molecule has 10 nitrogen and oxygen atoms in total. The van der Waals surface area contributed by atoms with E-state index in [-0.39, 0.29) is 5.69 Å². The zero-order chi connectivity index (χ0) is 31.5. The Morgan fingerprint density at radius 1 is 0.818 bits per heavy atom. The van der Waals surface area contributed by atoms with Gasteiger partial charge in [-0.3, -0.25) is 9.78 Å². The quantitative estimate of drug-likeness (QED) is 0.124. The largest absolute Gasteiger partial charge is 0.476 e. The third-order valence-corrected chi connectivity index (χ3v) is 7.43. The first-order valence-corrected chi connectivity index (χ1v) is 14.2. The molecule has 2 heterocycles. The lowest BCUT2D eigenvalue weighted by Gasteiger charge is -2.08. The number of benzene rings is 4. The molecule has 0 unspecified atom stereocenters. The molecule has 10 heteroatoms. The summed E-state index contributed by atoms with van der Waals surface area (Å²) in [5.74, 6) is -1.42. The minimum atomic E-state index is -1.01. The van der Waals surface area contributed by atoms with Gasteiger partial charge in [-0.1, -0.05) is 24.3 Å². The van der Waals surface area contributed by atoms with E-state index in [2.05, 4.69) is 15.3 Å². The maximum atomic E-state index is 11.9. The molecular weight excluding hydrogens is 556 g/mol. The van der Waals surface area contributed by atoms with E-state index in [0.717, 1.165) is 55.5 Å². The molecule has 0 bridgehead atoms. The standard InChI is InChI=1S/2C17H17N3O2/c1-3-20-15-8-11(14-9-12(18)6-4-10(14)2)5-7-13(15)16(19-20)17(21)22;1-3-22-17(21)16-13-7-5-11(8-15(13)19-20-16)14-9-12(18)6-4-10(14)2/h4-9H,3,18H2,1-2H3,(H,21,22);4-9H,3,18H2,1-2H3,(H,19,20). The van der Waals surface area contributed by atoms with Crippen molar-refractivity contribution in [2.75, 3.05) is 18.1 Å². The lowest BCUT2D eigenvalue weighted by Crippen LogP contribution is -2.05. The number of aromatic amines is 1. The van der Waals surface area contributed by atoms with Crippen LogP contribution in [0.25, 0.3) is 44.1 Å². The first-order chi connectivity index (χ1) is 21.1. The van der Waals surface area contributed by atoms with Crippen LogP contribution in [0.3, 0.4) is 0 Å². The topological polar surface area (TPSA) is 162 Å². The fourth-order valence-electron chi connectivity index (χ4n) is 5.18. The third-order valence-electron chi connectivity index (χ3n) is 7.43. The van der Waals surface area contributed by atoms with Gasteiger partial charge >= 0.3 is 11.9 Å². The van der Waals surface area contributed by atoms with Crippen LogP contribution >= 0.6 is 0 Å². The van der Waals surface area contributed by atoms with E-state index in [0.29, 0.717) is 29.9 Å². The summed E-state index contributed by atoms with van der Waals surface area (Å²) >= 11 is 0. The Morgan fingerprint density at radius 2 is 1.41 bits per heavy atom. The van der Waals surface area contributed by atoms with Crippen molar-refractivity contribution in [3.05, 3.63) is 95.3 Å². The molecule has 0 atom stereocenters. The van der Waals surface area contributed by atoms with E-state index >= 15 is 0 Å². The number of nitrogens with zero attached hydrogens (tertiary/aromatic N) is 3. The molecule has 6 aromatic rings. The van der Waals surface area contributed by atoms with Gasteiger partial charge in [-0.2, -0.15) is 10.2 Å². The molecule has 0 radical (unpaired) electrons. The summed E-state index contributed by atoms with van der Waals surface area (Å²) in [4.78, 5) is 23.2. The number of aromatic carboxylic acids is 1. The molecule has 44 heavy (non-hydrogen) atoms. The van der Waals surface area contributed by atoms with Gasteiger partial charge in [0, 0.05) is 28.7 Å². The van der Waals surface area contributed by atoms with Gasteiger partial charge in [0.15, 0.2) is 11.4 Å². The zero-order valence-corrected chi connectivity index (χ0v) is 25.0. The number of nitrogen functional groups attached to an aromatic ring is 2. The maximum Gasteiger partial charge on any atom is 0.359 e. The van der Waals surface area contributed by atoms with E-state index in [9.17, 15) is 14.7 Å². The van der Waals surface area contributed by atoms with Gasteiger partial charge in [-0.25, -0.2) is 9.59 Å². The Bertz CT molecular complexity index is 2020. The molecule has 2 aromatic heterocycles. The lowest BCUT2D eigenvalue weighted by atomic mass is 9.98. The number of aromatic nitrogens is 4. The first kappa shape index (κ1) is 29.8. The zero-order valence-electron chi connectivity index (χ0n) is 25.0. The molecule has 6 rings (SSSR count). The van der Waals surface area contributed by atoms with Crippen LogP contribution in [0.2, 0.25) is 0 Å². The highest BCUT2D eigenvalue weighted by atomic mass is 16.5. The minimum Gasteiger partial charge on any atom is -0.476 e. The molecule has 0 saturated carbocycles. The maximum absolute atomic E-state index is 11.9. The van der Waals surface area contributed by atoms with Gasteiger partial charge in [-0.05, 0) is 110 Å². The number of hydrogen-bond acceptors (Lipinski definition) is 7. The Balaban J connectivity index is 0.000000175. The fourth-order valence-corrected chi connectivity index (χ4v) is 5.18. The number of H-pyrrole nitrogens is 1. The van der Waals surface area contributed by atoms with Crippen LogP contribution in [0.1, 0.15) is 46.0 Å². The molecular formula is C34H34N6O4. The second kappa shape index (κ2) is 12.3. The molecule has 0 aliphatic carbocycles. The predicted molar refractivity (Wildman–Crippen MR) is 174 cm³/mol. The Morgan fingerprint density at radius 3 is 1.98 bits per heavy atom. The Labute approximate surface area is 254 Å². The summed E-state index contributed by atoms with van der Waals surface area (Å²) in [7, 11) is 0. The van der Waals surface area contributed by atoms with Crippen LogP contribution in [0.5, 0.6) is 0 Å². The summed E-state index contributed by atoms with van der Waals surface area (Å²) < 4.78 is 6.72. The first-order valence-electron chi connectivity index (χ1n) is 14.2. The number of nitrogens with two attached hydrogens (primary N) is 2. The van der Waals surface area contributed by atoms with Gasteiger partial charge in [0.2, 0.25) is 0 Å². The van der Waals surface area contributed by atoms with Crippen LogP contribution in [0.15, 0.2) is 72.8 Å². The molecule has 6 N–H and O–H groups in total. The second-order valence-electron chi connectivity index (χ2n) is 10.4. The van der Waals surface area contributed by atoms with Crippen molar-refractivity contribution in [3.63, 3.8) is 0 Å². The summed E-state index contributed by atoms with van der Waals surface area (Å²) in [6, 6.07) is 23.1. The van der Waals surface area contributed by atoms with Crippen molar-refractivity contribution in [2.24, 2.45) is 0 Å². The van der Waals surface area contributed by atoms with Crippen molar-refractivity contribution in [2.45, 2.75) is 34.2 Å². The summed E-state index contributed by atoms with van der Waals surface area (Å²) in [6.45, 7) is 8.72. The number of carboxylic acids is 1. The fraction of sp³-hybridized carbons (Fsp3) is 0.176. The van der Waals surface area contributed by atoms with E-state index in [4.69, 9.17) is 16.2 Å². The van der Waals surface area contributed by atoms with Gasteiger partial charge in [0.05, 0.1) is 17.6 Å². The van der Waals surface area contributed by atoms with Crippen molar-refractivity contribution < 1.29 is 19.4 Å². The number of rotatable bonds is 6. The number of carbonyl (C=O) groups excluding carboxylic acids is 1. The number of anilines is 2. The van der Waals surface area contributed by atoms with Gasteiger partial charge in [0.1, 0.15) is 0 Å². The number of fused-ring (bicyclic) bond motifs is 2. The number of carboxylic acid groups (broad SMARTS) is 1. The molecule has 0 spiro atoms. The normalized spacial score (nSPS) is 10.9. The molecule has 4 aromatic carbocycles. The summed E-state index contributed by atoms with van der Waals surface area (Å²) in [5, 5.41) is 21.8. The number of nitrogens with one attached hydrogen (secondary N) is 1. The monoisotopic (exact) mass is 590 g/mol. The molecule has 0 saturated heterocycles. The van der Waals surface area contributed by atoms with Gasteiger partial charge in [-0.15, -0.1) is 0 Å². The number of hydrogen-bond donors (Lipinski definition) is 4. The van der Waals surface area contributed by atoms with E-state index in [1.807, 2.05) is 93.6 Å². The van der Waals surface area contributed by atoms with Crippen molar-refractivity contribution in [1.82, 2.24) is 20.0 Å². The van der Waals surface area contributed by atoms with E-state index < -0.39 is 11.9 Å². The molecule has 224 valence electrons. The highest BCUT2D eigenvalue weighted by Gasteiger charge is 2.17. The number of aryl methyl sites for hydroxylation is 3. The van der Waals surface area contributed by atoms with E-state index in [1.54, 1.807) is 11.6 Å². The molecule has 0 fully saturated rings. The van der Waals surface area contributed by atoms with Crippen LogP contribution in [-0.2, 0) is 11.3 Å². The van der Waals surface area contributed by atoms with Crippen molar-refractivity contribution in [3.8, 4) is 22.3 Å². The predicted octanol–water partition coefficient (Wildman–Crippen LogP) is 6.61. The van der Waals surface area contributed by atoms with Crippen LogP contribution < -0.4 is 11.5 Å². The molecule has 0 aliphatic heterocycles. The second-order valence-corrected chi connectivity index (χ2v) is 10.4. The number of ether oxygens (including phenoxy) is 1. The van der Waals surface area contributed by atoms with Crippen LogP contribution in [-0.4, -0.2) is 43.6 Å². The summed E-state index contributed by atoms with van der Waals surface area (Å²) in [6.07, 6.45) is 0. The Hall–Kier alpha value is -5.64. The average molecular weight is 591 g/mol. The van der Waals surface area contributed by atoms with E-state index in [1.165, 1.54) is 0 Å². The lowest BCUT2D eigenvalue weighted by molar-refractivity contribution is 0.0521. The van der Waals surface area contributed by atoms with Gasteiger partial charge in [0.25, 0.3) is 0 Å². The molecule has 0 aliphatic rings. The summed E-state index contributed by atoms with van der Waals surface area (Å²) in [5.41, 5.74) is 21.6. The van der Waals surface area contributed by atoms with Crippen molar-refractivity contribution >= 4 is 45.1 Å². The highest BCUT2D eigenvalue weighted by molar-refractivity contribution is 6.03. The van der Waals surface area contributed by atoms with Gasteiger partial charge < -0.3 is 21.3 Å². The van der Waals surface area contributed by atoms with Crippen molar-refractivity contribution in [1.29, 1.82) is 0 Å². The number of esters is 1. The number of carbonyl (C=O) groups is 2. The van der Waals surface area contributed by atoms with Crippen LogP contribution in [0.4, 0.5) is 11.4 Å².